The van der Waals surface area contributed by atoms with Gasteiger partial charge in [-0.1, -0.05) is 6.92 Å². The summed E-state index contributed by atoms with van der Waals surface area (Å²) >= 11 is 0. The van der Waals surface area contributed by atoms with Gasteiger partial charge in [0.1, 0.15) is 0 Å². The van der Waals surface area contributed by atoms with Crippen LogP contribution < -0.4 is 0 Å². The van der Waals surface area contributed by atoms with E-state index in [-0.39, 0.29) is 11.5 Å². The SMILES string of the molecule is C[C@@H]1C(=O)C(C)(O)O[C@H]1c1ccc([N+](=O)[O-])cc1. The molecule has 0 radical (unpaired) electrons. The molecule has 1 aromatic carbocycles. The lowest BCUT2D eigenvalue weighted by molar-refractivity contribution is -0.384. The second kappa shape index (κ2) is 4.15. The number of nitrogens with zero attached hydrogens (tertiary/aromatic N) is 1. The van der Waals surface area contributed by atoms with Crippen LogP contribution in [0.25, 0.3) is 0 Å². The van der Waals surface area contributed by atoms with Crippen LogP contribution in [0.3, 0.4) is 0 Å². The number of nitro groups is 1. The average molecular weight is 251 g/mol. The summed E-state index contributed by atoms with van der Waals surface area (Å²) in [5.41, 5.74) is 0.613. The number of aliphatic hydroxyl groups is 1. The Kier molecular flexibility index (Phi) is 2.92. The van der Waals surface area contributed by atoms with Gasteiger partial charge >= 0.3 is 0 Å². The summed E-state index contributed by atoms with van der Waals surface area (Å²) in [6.45, 7) is 2.97. The summed E-state index contributed by atoms with van der Waals surface area (Å²) in [6, 6.07) is 5.77. The van der Waals surface area contributed by atoms with Crippen molar-refractivity contribution in [2.45, 2.75) is 25.7 Å². The summed E-state index contributed by atoms with van der Waals surface area (Å²) < 4.78 is 5.30. The van der Waals surface area contributed by atoms with Crippen molar-refractivity contribution >= 4 is 11.5 Å². The normalized spacial score (nSPS) is 31.6. The summed E-state index contributed by atoms with van der Waals surface area (Å²) in [5, 5.41) is 20.3. The van der Waals surface area contributed by atoms with Crippen LogP contribution in [-0.4, -0.2) is 21.6 Å². The van der Waals surface area contributed by atoms with Crippen LogP contribution in [0.1, 0.15) is 25.5 Å². The van der Waals surface area contributed by atoms with E-state index in [1.54, 1.807) is 6.92 Å². The first-order chi connectivity index (χ1) is 8.33. The number of hydrogen-bond acceptors (Lipinski definition) is 5. The molecular weight excluding hydrogens is 238 g/mol. The summed E-state index contributed by atoms with van der Waals surface area (Å²) in [4.78, 5) is 21.7. The molecule has 1 heterocycles. The maximum absolute atomic E-state index is 11.7. The molecule has 0 bridgehead atoms. The van der Waals surface area contributed by atoms with Gasteiger partial charge in [0.15, 0.2) is 5.78 Å². The van der Waals surface area contributed by atoms with Gasteiger partial charge in [-0.25, -0.2) is 0 Å². The van der Waals surface area contributed by atoms with Gasteiger partial charge < -0.3 is 9.84 Å². The predicted octanol–water partition coefficient (Wildman–Crippen LogP) is 1.58. The van der Waals surface area contributed by atoms with Crippen molar-refractivity contribution in [2.24, 2.45) is 5.92 Å². The van der Waals surface area contributed by atoms with Crippen molar-refractivity contribution in [3.05, 3.63) is 39.9 Å². The number of carbonyl (C=O) groups is 1. The fraction of sp³-hybridized carbons (Fsp3) is 0.417. The molecular formula is C12H13NO5. The second-order valence-electron chi connectivity index (χ2n) is 4.52. The summed E-state index contributed by atoms with van der Waals surface area (Å²) in [5.74, 6) is -2.65. The quantitative estimate of drug-likeness (QED) is 0.636. The van der Waals surface area contributed by atoms with E-state index in [1.165, 1.54) is 31.2 Å². The molecule has 0 spiro atoms. The van der Waals surface area contributed by atoms with Crippen molar-refractivity contribution in [2.75, 3.05) is 0 Å². The smallest absolute Gasteiger partial charge is 0.269 e. The molecule has 2 rings (SSSR count). The lowest BCUT2D eigenvalue weighted by Crippen LogP contribution is -2.32. The van der Waals surface area contributed by atoms with E-state index in [1.807, 2.05) is 0 Å². The minimum Gasteiger partial charge on any atom is -0.360 e. The summed E-state index contributed by atoms with van der Waals surface area (Å²) in [7, 11) is 0. The molecule has 0 saturated carbocycles. The van der Waals surface area contributed by atoms with Crippen LogP contribution in [0.4, 0.5) is 5.69 Å². The molecule has 96 valence electrons. The third-order valence-corrected chi connectivity index (χ3v) is 3.11. The Bertz CT molecular complexity index is 494. The van der Waals surface area contributed by atoms with Crippen LogP contribution in [0.5, 0.6) is 0 Å². The lowest BCUT2D eigenvalue weighted by atomic mass is 9.94. The van der Waals surface area contributed by atoms with Crippen molar-refractivity contribution in [1.29, 1.82) is 0 Å². The predicted molar refractivity (Wildman–Crippen MR) is 61.7 cm³/mol. The molecule has 1 fully saturated rings. The third-order valence-electron chi connectivity index (χ3n) is 3.11. The van der Waals surface area contributed by atoms with Crippen molar-refractivity contribution in [3.63, 3.8) is 0 Å². The number of ether oxygens (including phenoxy) is 1. The van der Waals surface area contributed by atoms with Crippen LogP contribution in [0.15, 0.2) is 24.3 Å². The van der Waals surface area contributed by atoms with Gasteiger partial charge in [-0.15, -0.1) is 0 Å². The Morgan fingerprint density at radius 3 is 2.33 bits per heavy atom. The number of benzene rings is 1. The third kappa shape index (κ3) is 2.00. The highest BCUT2D eigenvalue weighted by atomic mass is 16.6. The monoisotopic (exact) mass is 251 g/mol. The van der Waals surface area contributed by atoms with Gasteiger partial charge in [0.25, 0.3) is 5.69 Å². The molecule has 18 heavy (non-hydrogen) atoms. The number of non-ortho nitro benzene ring substituents is 1. The number of rotatable bonds is 2. The van der Waals surface area contributed by atoms with Gasteiger partial charge in [-0.05, 0) is 24.6 Å². The van der Waals surface area contributed by atoms with E-state index < -0.39 is 22.7 Å². The van der Waals surface area contributed by atoms with E-state index in [9.17, 15) is 20.0 Å². The molecule has 1 N–H and O–H groups in total. The maximum Gasteiger partial charge on any atom is 0.269 e. The Morgan fingerprint density at radius 1 is 1.39 bits per heavy atom. The van der Waals surface area contributed by atoms with Crippen LogP contribution in [0.2, 0.25) is 0 Å². The molecule has 0 aliphatic carbocycles. The Balaban J connectivity index is 2.28. The van der Waals surface area contributed by atoms with Gasteiger partial charge in [-0.2, -0.15) is 0 Å². The molecule has 0 aromatic heterocycles. The van der Waals surface area contributed by atoms with Gasteiger partial charge in [-0.3, -0.25) is 14.9 Å². The van der Waals surface area contributed by atoms with E-state index in [4.69, 9.17) is 4.74 Å². The molecule has 1 aliphatic heterocycles. The number of carbonyl (C=O) groups excluding carboxylic acids is 1. The molecule has 6 nitrogen and oxygen atoms in total. The first-order valence-electron chi connectivity index (χ1n) is 5.52. The van der Waals surface area contributed by atoms with Gasteiger partial charge in [0.2, 0.25) is 5.79 Å². The largest absolute Gasteiger partial charge is 0.360 e. The molecule has 1 unspecified atom stereocenters. The van der Waals surface area contributed by atoms with Crippen molar-refractivity contribution in [1.82, 2.24) is 0 Å². The number of hydrogen-bond donors (Lipinski definition) is 1. The van der Waals surface area contributed by atoms with Gasteiger partial charge in [0, 0.05) is 12.1 Å². The van der Waals surface area contributed by atoms with E-state index in [0.29, 0.717) is 5.56 Å². The standard InChI is InChI=1S/C12H13NO5/c1-7-10(18-12(2,15)11(7)14)8-3-5-9(6-4-8)13(16)17/h3-7,10,15H,1-2H3/t7-,10+,12?/m0/s1. The zero-order chi connectivity index (χ0) is 13.5. The molecule has 1 aromatic rings. The Hall–Kier alpha value is -1.79. The number of nitro benzene ring substituents is 1. The first kappa shape index (κ1) is 12.7. The minimum atomic E-state index is -1.79. The Labute approximate surface area is 103 Å². The average Bonchev–Trinajstić information content (AvgIpc) is 2.53. The lowest BCUT2D eigenvalue weighted by Gasteiger charge is -2.16. The second-order valence-corrected chi connectivity index (χ2v) is 4.52. The zero-order valence-electron chi connectivity index (χ0n) is 9.99. The molecule has 0 amide bonds. The fourth-order valence-electron chi connectivity index (χ4n) is 2.11. The molecule has 1 aliphatic rings. The summed E-state index contributed by atoms with van der Waals surface area (Å²) in [6.07, 6.45) is -0.576. The molecule has 1 saturated heterocycles. The number of ketones is 1. The topological polar surface area (TPSA) is 89.7 Å². The highest BCUT2D eigenvalue weighted by Gasteiger charge is 2.48. The molecule has 6 heteroatoms. The molecule has 3 atom stereocenters. The van der Waals surface area contributed by atoms with Crippen molar-refractivity contribution < 1.29 is 19.6 Å². The first-order valence-corrected chi connectivity index (χ1v) is 5.52. The van der Waals surface area contributed by atoms with Crippen LogP contribution in [0, 0.1) is 16.0 Å². The van der Waals surface area contributed by atoms with Crippen LogP contribution >= 0.6 is 0 Å². The van der Waals surface area contributed by atoms with E-state index in [0.717, 1.165) is 0 Å². The van der Waals surface area contributed by atoms with Crippen molar-refractivity contribution in [3.8, 4) is 0 Å². The minimum absolute atomic E-state index is 0.0255. The zero-order valence-corrected chi connectivity index (χ0v) is 9.99. The fourth-order valence-corrected chi connectivity index (χ4v) is 2.11. The highest BCUT2D eigenvalue weighted by Crippen LogP contribution is 2.39. The van der Waals surface area contributed by atoms with E-state index in [2.05, 4.69) is 0 Å². The number of Topliss-reactive ketones (excluding diaryl/α,β-unsaturated/α-hetero) is 1. The Morgan fingerprint density at radius 2 is 1.94 bits per heavy atom. The maximum atomic E-state index is 11.7. The highest BCUT2D eigenvalue weighted by molar-refractivity contribution is 5.89. The van der Waals surface area contributed by atoms with E-state index >= 15 is 0 Å². The van der Waals surface area contributed by atoms with Crippen LogP contribution in [-0.2, 0) is 9.53 Å². The van der Waals surface area contributed by atoms with Gasteiger partial charge in [0.05, 0.1) is 16.9 Å².